The van der Waals surface area contributed by atoms with E-state index in [9.17, 15) is 4.79 Å². The van der Waals surface area contributed by atoms with Crippen molar-refractivity contribution in [3.05, 3.63) is 0 Å². The zero-order chi connectivity index (χ0) is 17.2. The Balaban J connectivity index is 3.17. The van der Waals surface area contributed by atoms with E-state index in [4.69, 9.17) is 14.6 Å². The zero-order valence-corrected chi connectivity index (χ0v) is 15.4. The van der Waals surface area contributed by atoms with Crippen LogP contribution in [-0.2, 0) is 14.3 Å². The molecule has 0 bridgehead atoms. The van der Waals surface area contributed by atoms with Crippen LogP contribution in [0.2, 0.25) is 0 Å². The van der Waals surface area contributed by atoms with Crippen molar-refractivity contribution in [2.24, 2.45) is 0 Å². The first-order chi connectivity index (χ1) is 11.2. The molecule has 0 aliphatic carbocycles. The van der Waals surface area contributed by atoms with Crippen LogP contribution in [0, 0.1) is 0 Å². The minimum Gasteiger partial charge on any atom is -0.458 e. The molecule has 0 aliphatic rings. The highest BCUT2D eigenvalue weighted by Gasteiger charge is 2.10. The third-order valence-electron chi connectivity index (χ3n) is 3.98. The van der Waals surface area contributed by atoms with Crippen molar-refractivity contribution in [1.82, 2.24) is 0 Å². The van der Waals surface area contributed by atoms with Gasteiger partial charge >= 0.3 is 5.97 Å². The lowest BCUT2D eigenvalue weighted by molar-refractivity contribution is -0.152. The molecule has 0 saturated carbocycles. The van der Waals surface area contributed by atoms with Crippen LogP contribution in [0.1, 0.15) is 90.9 Å². The van der Waals surface area contributed by atoms with E-state index in [1.54, 1.807) is 0 Å². The highest BCUT2D eigenvalue weighted by atomic mass is 16.6. The molecule has 0 radical (unpaired) electrons. The Hall–Kier alpha value is -0.610. The number of aliphatic hydroxyl groups excluding tert-OH is 1. The van der Waals surface area contributed by atoms with Gasteiger partial charge in [-0.1, -0.05) is 77.6 Å². The van der Waals surface area contributed by atoms with Gasteiger partial charge in [-0.25, -0.2) is 0 Å². The SMILES string of the molecule is CCCCCCCCCCCCCCOCC(CO)OC(C)=O. The summed E-state index contributed by atoms with van der Waals surface area (Å²) >= 11 is 0. The predicted octanol–water partition coefficient (Wildman–Crippen LogP) is 4.63. The molecule has 1 N–H and O–H groups in total. The molecule has 0 amide bonds. The lowest BCUT2D eigenvalue weighted by atomic mass is 10.1. The van der Waals surface area contributed by atoms with Crippen LogP contribution >= 0.6 is 0 Å². The Bertz CT molecular complexity index is 256. The number of carbonyl (C=O) groups is 1. The van der Waals surface area contributed by atoms with E-state index in [0.717, 1.165) is 6.42 Å². The largest absolute Gasteiger partial charge is 0.458 e. The van der Waals surface area contributed by atoms with Crippen molar-refractivity contribution in [1.29, 1.82) is 0 Å². The average Bonchev–Trinajstić information content (AvgIpc) is 2.53. The van der Waals surface area contributed by atoms with E-state index in [2.05, 4.69) is 6.92 Å². The van der Waals surface area contributed by atoms with E-state index >= 15 is 0 Å². The van der Waals surface area contributed by atoms with Gasteiger partial charge in [-0.05, 0) is 6.42 Å². The number of unbranched alkanes of at least 4 members (excludes halogenated alkanes) is 11. The van der Waals surface area contributed by atoms with Gasteiger partial charge in [0.05, 0.1) is 13.2 Å². The minimum atomic E-state index is -0.523. The van der Waals surface area contributed by atoms with E-state index in [0.29, 0.717) is 6.61 Å². The monoisotopic (exact) mass is 330 g/mol. The molecule has 0 rings (SSSR count). The van der Waals surface area contributed by atoms with E-state index in [1.165, 1.54) is 77.6 Å². The van der Waals surface area contributed by atoms with Crippen molar-refractivity contribution in [2.45, 2.75) is 97.0 Å². The second-order valence-electron chi connectivity index (χ2n) is 6.38. The second-order valence-corrected chi connectivity index (χ2v) is 6.38. The van der Waals surface area contributed by atoms with Crippen LogP contribution < -0.4 is 0 Å². The number of aliphatic hydroxyl groups is 1. The van der Waals surface area contributed by atoms with E-state index < -0.39 is 6.10 Å². The highest BCUT2D eigenvalue weighted by molar-refractivity contribution is 5.66. The summed E-state index contributed by atoms with van der Waals surface area (Å²) in [5.41, 5.74) is 0. The zero-order valence-electron chi connectivity index (χ0n) is 15.4. The third kappa shape index (κ3) is 17.6. The van der Waals surface area contributed by atoms with Crippen LogP contribution in [0.3, 0.4) is 0 Å². The topological polar surface area (TPSA) is 55.8 Å². The van der Waals surface area contributed by atoms with E-state index in [-0.39, 0.29) is 19.2 Å². The summed E-state index contributed by atoms with van der Waals surface area (Å²) in [5, 5.41) is 9.02. The summed E-state index contributed by atoms with van der Waals surface area (Å²) < 4.78 is 10.3. The molecule has 0 aromatic carbocycles. The lowest BCUT2D eigenvalue weighted by Gasteiger charge is -2.14. The van der Waals surface area contributed by atoms with Gasteiger partial charge in [0.2, 0.25) is 0 Å². The number of carbonyl (C=O) groups excluding carboxylic acids is 1. The number of hydrogen-bond donors (Lipinski definition) is 1. The molecule has 1 unspecified atom stereocenters. The van der Waals surface area contributed by atoms with Gasteiger partial charge in [-0.3, -0.25) is 4.79 Å². The molecule has 4 heteroatoms. The third-order valence-corrected chi connectivity index (χ3v) is 3.98. The Morgan fingerprint density at radius 1 is 0.870 bits per heavy atom. The maximum absolute atomic E-state index is 10.8. The average molecular weight is 331 g/mol. The number of rotatable bonds is 17. The maximum Gasteiger partial charge on any atom is 0.303 e. The molecule has 0 fully saturated rings. The molecular weight excluding hydrogens is 292 g/mol. The smallest absolute Gasteiger partial charge is 0.303 e. The first-order valence-corrected chi connectivity index (χ1v) is 9.56. The molecule has 0 heterocycles. The summed E-state index contributed by atoms with van der Waals surface area (Å²) in [4.78, 5) is 10.8. The summed E-state index contributed by atoms with van der Waals surface area (Å²) in [6, 6.07) is 0. The molecule has 1 atom stereocenters. The summed E-state index contributed by atoms with van der Waals surface area (Å²) in [6.45, 7) is 4.38. The Morgan fingerprint density at radius 3 is 1.78 bits per heavy atom. The Morgan fingerprint density at radius 2 is 1.35 bits per heavy atom. The maximum atomic E-state index is 10.8. The number of esters is 1. The van der Waals surface area contributed by atoms with Gasteiger partial charge in [0.15, 0.2) is 0 Å². The minimum absolute atomic E-state index is 0.183. The van der Waals surface area contributed by atoms with Gasteiger partial charge in [0.25, 0.3) is 0 Å². The fourth-order valence-corrected chi connectivity index (χ4v) is 2.62. The summed E-state index contributed by atoms with van der Waals surface area (Å²) in [5.74, 6) is -0.377. The quantitative estimate of drug-likeness (QED) is 0.312. The van der Waals surface area contributed by atoms with Gasteiger partial charge in [-0.2, -0.15) is 0 Å². The van der Waals surface area contributed by atoms with Crippen LogP contribution in [0.25, 0.3) is 0 Å². The van der Waals surface area contributed by atoms with Crippen molar-refractivity contribution < 1.29 is 19.4 Å². The van der Waals surface area contributed by atoms with Crippen LogP contribution in [0.15, 0.2) is 0 Å². The van der Waals surface area contributed by atoms with Crippen molar-refractivity contribution in [2.75, 3.05) is 19.8 Å². The van der Waals surface area contributed by atoms with Gasteiger partial charge in [-0.15, -0.1) is 0 Å². The first-order valence-electron chi connectivity index (χ1n) is 9.56. The van der Waals surface area contributed by atoms with Crippen molar-refractivity contribution in [3.8, 4) is 0 Å². The van der Waals surface area contributed by atoms with Crippen molar-refractivity contribution >= 4 is 5.97 Å². The first kappa shape index (κ1) is 22.4. The molecule has 0 aliphatic heterocycles. The fourth-order valence-electron chi connectivity index (χ4n) is 2.62. The van der Waals surface area contributed by atoms with Crippen LogP contribution in [-0.4, -0.2) is 37.0 Å². The fraction of sp³-hybridized carbons (Fsp3) is 0.947. The molecule has 138 valence electrons. The molecule has 4 nitrogen and oxygen atoms in total. The normalized spacial score (nSPS) is 12.3. The molecule has 0 spiro atoms. The number of hydrogen-bond acceptors (Lipinski definition) is 4. The van der Waals surface area contributed by atoms with Gasteiger partial charge < -0.3 is 14.6 Å². The molecule has 0 aromatic rings. The Kier molecular flexibility index (Phi) is 17.3. The van der Waals surface area contributed by atoms with E-state index in [1.807, 2.05) is 0 Å². The molecule has 0 aromatic heterocycles. The molecular formula is C19H38O4. The predicted molar refractivity (Wildman–Crippen MR) is 94.5 cm³/mol. The van der Waals surface area contributed by atoms with Crippen LogP contribution in [0.5, 0.6) is 0 Å². The van der Waals surface area contributed by atoms with Crippen LogP contribution in [0.4, 0.5) is 0 Å². The summed E-state index contributed by atoms with van der Waals surface area (Å²) in [6.07, 6.45) is 15.4. The lowest BCUT2D eigenvalue weighted by Crippen LogP contribution is -2.26. The standard InChI is InChI=1S/C19H38O4/c1-3-4-5-6-7-8-9-10-11-12-13-14-15-22-17-19(16-20)23-18(2)21/h19-20H,3-17H2,1-2H3. The van der Waals surface area contributed by atoms with Gasteiger partial charge in [0, 0.05) is 13.5 Å². The second kappa shape index (κ2) is 17.7. The number of ether oxygens (including phenoxy) is 2. The Labute approximate surface area is 142 Å². The van der Waals surface area contributed by atoms with Gasteiger partial charge in [0.1, 0.15) is 6.10 Å². The highest BCUT2D eigenvalue weighted by Crippen LogP contribution is 2.11. The summed E-state index contributed by atoms with van der Waals surface area (Å²) in [7, 11) is 0. The van der Waals surface area contributed by atoms with Crippen molar-refractivity contribution in [3.63, 3.8) is 0 Å². The molecule has 23 heavy (non-hydrogen) atoms. The molecule has 0 saturated heterocycles.